The van der Waals surface area contributed by atoms with E-state index in [0.717, 1.165) is 11.7 Å². The maximum absolute atomic E-state index is 5.67. The molecule has 1 unspecified atom stereocenters. The van der Waals surface area contributed by atoms with E-state index in [0.29, 0.717) is 5.92 Å². The quantitative estimate of drug-likeness (QED) is 0.775. The molecule has 1 saturated carbocycles. The van der Waals surface area contributed by atoms with Crippen molar-refractivity contribution < 1.29 is 4.42 Å². The van der Waals surface area contributed by atoms with E-state index in [1.54, 1.807) is 0 Å². The summed E-state index contributed by atoms with van der Waals surface area (Å²) in [7, 11) is 1.91. The topological polar surface area (TPSA) is 38.1 Å². The van der Waals surface area contributed by atoms with E-state index in [1.807, 2.05) is 13.2 Å². The van der Waals surface area contributed by atoms with Gasteiger partial charge in [0.25, 0.3) is 0 Å². The van der Waals surface area contributed by atoms with Crippen molar-refractivity contribution in [1.82, 2.24) is 10.3 Å². The fourth-order valence-electron chi connectivity index (χ4n) is 1.51. The van der Waals surface area contributed by atoms with Gasteiger partial charge in [-0.05, 0) is 26.8 Å². The first kappa shape index (κ1) is 8.75. The SMILES string of the molecule is CNC(C)c1ncc(C2CCC2)o1. The van der Waals surface area contributed by atoms with Crippen molar-refractivity contribution in [1.29, 1.82) is 0 Å². The number of nitrogens with zero attached hydrogens (tertiary/aromatic N) is 1. The van der Waals surface area contributed by atoms with Crippen LogP contribution in [0.15, 0.2) is 10.6 Å². The minimum absolute atomic E-state index is 0.217. The number of nitrogens with one attached hydrogen (secondary N) is 1. The standard InChI is InChI=1S/C10H16N2O/c1-7(11-2)10-12-6-9(13-10)8-4-3-5-8/h6-8,11H,3-5H2,1-2H3. The Morgan fingerprint density at radius 2 is 2.38 bits per heavy atom. The molecule has 1 aliphatic rings. The second-order valence-electron chi connectivity index (χ2n) is 3.74. The molecule has 2 rings (SSSR count). The molecule has 13 heavy (non-hydrogen) atoms. The normalized spacial score (nSPS) is 19.8. The van der Waals surface area contributed by atoms with Gasteiger partial charge < -0.3 is 9.73 Å². The lowest BCUT2D eigenvalue weighted by molar-refractivity contribution is 0.322. The molecule has 0 radical (unpaired) electrons. The molecule has 0 aromatic carbocycles. The highest BCUT2D eigenvalue weighted by Crippen LogP contribution is 2.36. The Morgan fingerprint density at radius 1 is 1.62 bits per heavy atom. The first-order chi connectivity index (χ1) is 6.31. The summed E-state index contributed by atoms with van der Waals surface area (Å²) in [5, 5.41) is 3.11. The van der Waals surface area contributed by atoms with Crippen LogP contribution in [0.3, 0.4) is 0 Å². The molecular weight excluding hydrogens is 164 g/mol. The number of hydrogen-bond acceptors (Lipinski definition) is 3. The van der Waals surface area contributed by atoms with E-state index in [2.05, 4.69) is 17.2 Å². The van der Waals surface area contributed by atoms with Crippen molar-refractivity contribution in [3.05, 3.63) is 17.8 Å². The van der Waals surface area contributed by atoms with E-state index in [4.69, 9.17) is 4.42 Å². The summed E-state index contributed by atoms with van der Waals surface area (Å²) in [6, 6.07) is 0.217. The molecule has 1 aromatic heterocycles. The van der Waals surface area contributed by atoms with E-state index in [9.17, 15) is 0 Å². The average molecular weight is 180 g/mol. The third kappa shape index (κ3) is 1.61. The molecule has 3 nitrogen and oxygen atoms in total. The molecule has 0 bridgehead atoms. The first-order valence-electron chi connectivity index (χ1n) is 4.94. The summed E-state index contributed by atoms with van der Waals surface area (Å²) in [6.07, 6.45) is 5.75. The van der Waals surface area contributed by atoms with E-state index < -0.39 is 0 Å². The minimum atomic E-state index is 0.217. The van der Waals surface area contributed by atoms with Gasteiger partial charge in [-0.1, -0.05) is 6.42 Å². The smallest absolute Gasteiger partial charge is 0.211 e. The monoisotopic (exact) mass is 180 g/mol. The number of oxazole rings is 1. The van der Waals surface area contributed by atoms with Gasteiger partial charge in [0.1, 0.15) is 5.76 Å². The van der Waals surface area contributed by atoms with Gasteiger partial charge in [-0.3, -0.25) is 0 Å². The highest BCUT2D eigenvalue weighted by Gasteiger charge is 2.24. The van der Waals surface area contributed by atoms with Crippen LogP contribution < -0.4 is 5.32 Å². The molecule has 0 aliphatic heterocycles. The van der Waals surface area contributed by atoms with Crippen molar-refractivity contribution >= 4 is 0 Å². The Labute approximate surface area is 78.5 Å². The molecule has 1 heterocycles. The van der Waals surface area contributed by atoms with Crippen LogP contribution in [0, 0.1) is 0 Å². The van der Waals surface area contributed by atoms with Gasteiger partial charge in [0.15, 0.2) is 0 Å². The summed E-state index contributed by atoms with van der Waals surface area (Å²) >= 11 is 0. The number of rotatable bonds is 3. The second kappa shape index (κ2) is 3.50. The average Bonchev–Trinajstić information content (AvgIpc) is 2.49. The van der Waals surface area contributed by atoms with Crippen molar-refractivity contribution in [3.8, 4) is 0 Å². The molecule has 1 atom stereocenters. The summed E-state index contributed by atoms with van der Waals surface area (Å²) in [6.45, 7) is 2.05. The third-order valence-corrected chi connectivity index (χ3v) is 2.85. The molecule has 0 amide bonds. The molecule has 1 aromatic rings. The molecule has 3 heteroatoms. The van der Waals surface area contributed by atoms with Crippen LogP contribution in [0.5, 0.6) is 0 Å². The van der Waals surface area contributed by atoms with E-state index >= 15 is 0 Å². The summed E-state index contributed by atoms with van der Waals surface area (Å²) < 4.78 is 5.67. The zero-order valence-corrected chi connectivity index (χ0v) is 8.21. The number of hydrogen-bond donors (Lipinski definition) is 1. The van der Waals surface area contributed by atoms with Crippen LogP contribution in [-0.2, 0) is 0 Å². The van der Waals surface area contributed by atoms with E-state index in [-0.39, 0.29) is 6.04 Å². The number of aromatic nitrogens is 1. The summed E-state index contributed by atoms with van der Waals surface area (Å²) in [5.74, 6) is 2.53. The lowest BCUT2D eigenvalue weighted by atomic mass is 9.84. The predicted octanol–water partition coefficient (Wildman–Crippen LogP) is 2.22. The van der Waals surface area contributed by atoms with Gasteiger partial charge in [0, 0.05) is 5.92 Å². The fourth-order valence-corrected chi connectivity index (χ4v) is 1.51. The van der Waals surface area contributed by atoms with Gasteiger partial charge in [-0.2, -0.15) is 0 Å². The van der Waals surface area contributed by atoms with Crippen LogP contribution >= 0.6 is 0 Å². The predicted molar refractivity (Wildman–Crippen MR) is 50.6 cm³/mol. The summed E-state index contributed by atoms with van der Waals surface area (Å²) in [4.78, 5) is 4.26. The maximum Gasteiger partial charge on any atom is 0.211 e. The zero-order valence-electron chi connectivity index (χ0n) is 8.21. The van der Waals surface area contributed by atoms with Crippen LogP contribution in [0.25, 0.3) is 0 Å². The van der Waals surface area contributed by atoms with Crippen LogP contribution in [0.2, 0.25) is 0 Å². The van der Waals surface area contributed by atoms with Crippen molar-refractivity contribution in [2.45, 2.75) is 38.1 Å². The van der Waals surface area contributed by atoms with Gasteiger partial charge in [-0.15, -0.1) is 0 Å². The molecule has 0 spiro atoms. The Bertz CT molecular complexity index is 259. The van der Waals surface area contributed by atoms with Gasteiger partial charge in [0.2, 0.25) is 5.89 Å². The molecule has 72 valence electrons. The zero-order chi connectivity index (χ0) is 9.26. The highest BCUT2D eigenvalue weighted by molar-refractivity contribution is 5.06. The lowest BCUT2D eigenvalue weighted by Crippen LogP contribution is -2.12. The summed E-state index contributed by atoms with van der Waals surface area (Å²) in [5.41, 5.74) is 0. The Balaban J connectivity index is 2.08. The molecular formula is C10H16N2O. The molecule has 1 fully saturated rings. The third-order valence-electron chi connectivity index (χ3n) is 2.85. The van der Waals surface area contributed by atoms with Crippen LogP contribution in [0.4, 0.5) is 0 Å². The van der Waals surface area contributed by atoms with E-state index in [1.165, 1.54) is 19.3 Å². The van der Waals surface area contributed by atoms with Crippen molar-refractivity contribution in [3.63, 3.8) is 0 Å². The van der Waals surface area contributed by atoms with Crippen LogP contribution in [-0.4, -0.2) is 12.0 Å². The minimum Gasteiger partial charge on any atom is -0.444 e. The fraction of sp³-hybridized carbons (Fsp3) is 0.700. The van der Waals surface area contributed by atoms with Gasteiger partial charge >= 0.3 is 0 Å². The second-order valence-corrected chi connectivity index (χ2v) is 3.74. The van der Waals surface area contributed by atoms with Crippen molar-refractivity contribution in [2.24, 2.45) is 0 Å². The Morgan fingerprint density at radius 3 is 2.92 bits per heavy atom. The molecule has 0 saturated heterocycles. The maximum atomic E-state index is 5.67. The largest absolute Gasteiger partial charge is 0.444 e. The first-order valence-corrected chi connectivity index (χ1v) is 4.94. The lowest BCUT2D eigenvalue weighted by Gasteiger charge is -2.22. The molecule has 1 aliphatic carbocycles. The Hall–Kier alpha value is -0.830. The van der Waals surface area contributed by atoms with Crippen LogP contribution in [0.1, 0.15) is 49.8 Å². The Kier molecular flexibility index (Phi) is 2.36. The van der Waals surface area contributed by atoms with Gasteiger partial charge in [0.05, 0.1) is 12.2 Å². The highest BCUT2D eigenvalue weighted by atomic mass is 16.4. The van der Waals surface area contributed by atoms with Gasteiger partial charge in [-0.25, -0.2) is 4.98 Å². The van der Waals surface area contributed by atoms with Crippen molar-refractivity contribution in [2.75, 3.05) is 7.05 Å². The molecule has 1 N–H and O–H groups in total.